The number of hydrogen-bond acceptors (Lipinski definition) is 5. The summed E-state index contributed by atoms with van der Waals surface area (Å²) in [6.07, 6.45) is 3.57. The summed E-state index contributed by atoms with van der Waals surface area (Å²) in [5.41, 5.74) is 2.12. The summed E-state index contributed by atoms with van der Waals surface area (Å²) >= 11 is 6.16. The van der Waals surface area contributed by atoms with E-state index in [1.165, 1.54) is 0 Å². The molecule has 2 heterocycles. The second kappa shape index (κ2) is 6.89. The van der Waals surface area contributed by atoms with E-state index in [4.69, 9.17) is 11.6 Å². The molecule has 8 heteroatoms. The van der Waals surface area contributed by atoms with Crippen molar-refractivity contribution in [2.24, 2.45) is 0 Å². The van der Waals surface area contributed by atoms with Crippen molar-refractivity contribution in [3.05, 3.63) is 65.4 Å². The number of aromatic nitrogens is 5. The van der Waals surface area contributed by atoms with Gasteiger partial charge in [-0.2, -0.15) is 5.21 Å². The molecule has 4 rings (SSSR count). The van der Waals surface area contributed by atoms with E-state index in [0.717, 1.165) is 16.3 Å². The number of amides is 1. The van der Waals surface area contributed by atoms with Crippen LogP contribution in [0.15, 0.2) is 54.9 Å². The number of nitrogens with one attached hydrogen (secondary N) is 2. The number of nitrogens with zero attached hydrogens (tertiary/aromatic N) is 4. The molecule has 0 fully saturated rings. The summed E-state index contributed by atoms with van der Waals surface area (Å²) in [5.74, 6) is 0.261. The zero-order valence-electron chi connectivity index (χ0n) is 13.5. The largest absolute Gasteiger partial charge is 0.324 e. The van der Waals surface area contributed by atoms with Crippen LogP contribution >= 0.6 is 11.6 Å². The molecule has 0 radical (unpaired) electrons. The predicted molar refractivity (Wildman–Crippen MR) is 98.7 cm³/mol. The van der Waals surface area contributed by atoms with Gasteiger partial charge in [0.2, 0.25) is 11.7 Å². The standard InChI is InChI=1S/C18H13ClN6O/c19-14-6-11(5-13(8-14)18-22-24-25-23-18)7-17(26)21-16-10-20-9-12-3-1-2-4-15(12)16/h1-6,8-10H,7H2,(H,21,26)(H,22,23,24,25). The third kappa shape index (κ3) is 3.38. The molecule has 0 aliphatic carbocycles. The van der Waals surface area contributed by atoms with E-state index >= 15 is 0 Å². The molecule has 26 heavy (non-hydrogen) atoms. The highest BCUT2D eigenvalue weighted by atomic mass is 35.5. The molecule has 0 aliphatic rings. The highest BCUT2D eigenvalue weighted by Crippen LogP contribution is 2.24. The van der Waals surface area contributed by atoms with Gasteiger partial charge in [0.15, 0.2) is 0 Å². The van der Waals surface area contributed by atoms with E-state index in [2.05, 4.69) is 30.9 Å². The number of tetrazole rings is 1. The number of H-pyrrole nitrogens is 1. The first-order valence-electron chi connectivity index (χ1n) is 7.85. The Bertz CT molecular complexity index is 1070. The van der Waals surface area contributed by atoms with Crippen LogP contribution in [0, 0.1) is 0 Å². The molecule has 2 N–H and O–H groups in total. The summed E-state index contributed by atoms with van der Waals surface area (Å²) in [7, 11) is 0. The summed E-state index contributed by atoms with van der Waals surface area (Å²) < 4.78 is 0. The third-order valence-electron chi connectivity index (χ3n) is 3.87. The van der Waals surface area contributed by atoms with Crippen molar-refractivity contribution in [1.29, 1.82) is 0 Å². The smallest absolute Gasteiger partial charge is 0.228 e. The fraction of sp³-hybridized carbons (Fsp3) is 0.0556. The molecule has 0 spiro atoms. The van der Waals surface area contributed by atoms with Gasteiger partial charge in [0.25, 0.3) is 0 Å². The molecule has 0 saturated carbocycles. The van der Waals surface area contributed by atoms with Gasteiger partial charge in [-0.05, 0) is 29.0 Å². The summed E-state index contributed by atoms with van der Waals surface area (Å²) in [5, 5.41) is 19.1. The highest BCUT2D eigenvalue weighted by Gasteiger charge is 2.11. The van der Waals surface area contributed by atoms with Gasteiger partial charge in [-0.15, -0.1) is 10.2 Å². The molecule has 0 unspecified atom stereocenters. The van der Waals surface area contributed by atoms with Gasteiger partial charge >= 0.3 is 0 Å². The molecule has 0 bridgehead atoms. The number of halogens is 1. The SMILES string of the molecule is O=C(Cc1cc(Cl)cc(-c2nn[nH]n2)c1)Nc1cncc2ccccc12. The first-order valence-corrected chi connectivity index (χ1v) is 8.23. The van der Waals surface area contributed by atoms with E-state index in [-0.39, 0.29) is 12.3 Å². The van der Waals surface area contributed by atoms with E-state index in [1.807, 2.05) is 30.3 Å². The van der Waals surface area contributed by atoms with Crippen LogP contribution in [0.25, 0.3) is 22.2 Å². The molecule has 1 amide bonds. The van der Waals surface area contributed by atoms with Gasteiger partial charge in [-0.3, -0.25) is 9.78 Å². The lowest BCUT2D eigenvalue weighted by Gasteiger charge is -2.09. The van der Waals surface area contributed by atoms with Crippen LogP contribution in [-0.2, 0) is 11.2 Å². The number of carbonyl (C=O) groups is 1. The van der Waals surface area contributed by atoms with E-state index < -0.39 is 0 Å². The Hall–Kier alpha value is -3.32. The van der Waals surface area contributed by atoms with E-state index in [9.17, 15) is 4.79 Å². The number of rotatable bonds is 4. The second-order valence-electron chi connectivity index (χ2n) is 5.72. The number of benzene rings is 2. The van der Waals surface area contributed by atoms with Crippen molar-refractivity contribution >= 4 is 34.0 Å². The van der Waals surface area contributed by atoms with Crippen molar-refractivity contribution in [1.82, 2.24) is 25.6 Å². The van der Waals surface area contributed by atoms with Crippen LogP contribution in [0.2, 0.25) is 5.02 Å². The normalized spacial score (nSPS) is 10.8. The van der Waals surface area contributed by atoms with Gasteiger partial charge in [-0.1, -0.05) is 35.9 Å². The van der Waals surface area contributed by atoms with Crippen molar-refractivity contribution in [3.63, 3.8) is 0 Å². The minimum absolute atomic E-state index is 0.161. The zero-order valence-corrected chi connectivity index (χ0v) is 14.2. The Kier molecular flexibility index (Phi) is 4.28. The van der Waals surface area contributed by atoms with Crippen LogP contribution < -0.4 is 5.32 Å². The Morgan fingerprint density at radius 1 is 1.15 bits per heavy atom. The molecule has 2 aromatic carbocycles. The Balaban J connectivity index is 1.57. The number of pyridine rings is 1. The first kappa shape index (κ1) is 16.2. The Labute approximate surface area is 153 Å². The Morgan fingerprint density at radius 3 is 2.88 bits per heavy atom. The first-order chi connectivity index (χ1) is 12.7. The number of carbonyl (C=O) groups excluding carboxylic acids is 1. The minimum Gasteiger partial charge on any atom is -0.324 e. The van der Waals surface area contributed by atoms with Gasteiger partial charge < -0.3 is 5.32 Å². The molecule has 2 aromatic heterocycles. The summed E-state index contributed by atoms with van der Waals surface area (Å²) in [4.78, 5) is 16.7. The fourth-order valence-corrected chi connectivity index (χ4v) is 3.02. The van der Waals surface area contributed by atoms with Gasteiger partial charge in [0, 0.05) is 27.6 Å². The molecule has 128 valence electrons. The highest BCUT2D eigenvalue weighted by molar-refractivity contribution is 6.31. The third-order valence-corrected chi connectivity index (χ3v) is 4.09. The van der Waals surface area contributed by atoms with E-state index in [1.54, 1.807) is 24.5 Å². The summed E-state index contributed by atoms with van der Waals surface area (Å²) in [6.45, 7) is 0. The quantitative estimate of drug-likeness (QED) is 0.579. The number of fused-ring (bicyclic) bond motifs is 1. The number of hydrogen-bond donors (Lipinski definition) is 2. The van der Waals surface area contributed by atoms with Crippen molar-refractivity contribution in [3.8, 4) is 11.4 Å². The topological polar surface area (TPSA) is 96.5 Å². The number of aromatic amines is 1. The molecule has 7 nitrogen and oxygen atoms in total. The van der Waals surface area contributed by atoms with Crippen LogP contribution in [0.5, 0.6) is 0 Å². The Morgan fingerprint density at radius 2 is 2.04 bits per heavy atom. The second-order valence-corrected chi connectivity index (χ2v) is 6.15. The van der Waals surface area contributed by atoms with Gasteiger partial charge in [0.05, 0.1) is 18.3 Å². The molecule has 0 saturated heterocycles. The maximum absolute atomic E-state index is 12.5. The average Bonchev–Trinajstić information content (AvgIpc) is 3.16. The van der Waals surface area contributed by atoms with Crippen molar-refractivity contribution < 1.29 is 4.79 Å². The summed E-state index contributed by atoms with van der Waals surface area (Å²) in [6, 6.07) is 13.0. The number of anilines is 1. The lowest BCUT2D eigenvalue weighted by atomic mass is 10.1. The van der Waals surface area contributed by atoms with E-state index in [0.29, 0.717) is 22.1 Å². The van der Waals surface area contributed by atoms with Crippen LogP contribution in [0.3, 0.4) is 0 Å². The monoisotopic (exact) mass is 364 g/mol. The molecule has 4 aromatic rings. The van der Waals surface area contributed by atoms with Crippen LogP contribution in [0.4, 0.5) is 5.69 Å². The lowest BCUT2D eigenvalue weighted by molar-refractivity contribution is -0.115. The lowest BCUT2D eigenvalue weighted by Crippen LogP contribution is -2.15. The predicted octanol–water partition coefficient (Wildman–Crippen LogP) is 3.25. The minimum atomic E-state index is -0.163. The average molecular weight is 365 g/mol. The van der Waals surface area contributed by atoms with Crippen LogP contribution in [-0.4, -0.2) is 31.5 Å². The maximum atomic E-state index is 12.5. The van der Waals surface area contributed by atoms with Crippen molar-refractivity contribution in [2.75, 3.05) is 5.32 Å². The molecular weight excluding hydrogens is 352 g/mol. The van der Waals surface area contributed by atoms with Gasteiger partial charge in [-0.25, -0.2) is 0 Å². The van der Waals surface area contributed by atoms with Gasteiger partial charge in [0.1, 0.15) is 0 Å². The fourth-order valence-electron chi connectivity index (χ4n) is 2.76. The van der Waals surface area contributed by atoms with Crippen LogP contribution in [0.1, 0.15) is 5.56 Å². The van der Waals surface area contributed by atoms with Crippen molar-refractivity contribution in [2.45, 2.75) is 6.42 Å². The maximum Gasteiger partial charge on any atom is 0.228 e. The molecule has 0 atom stereocenters. The molecule has 0 aliphatic heterocycles. The zero-order chi connectivity index (χ0) is 17.9. The molecular formula is C18H13ClN6O.